The van der Waals surface area contributed by atoms with Crippen molar-refractivity contribution in [2.24, 2.45) is 22.7 Å². The number of aliphatic hydroxyl groups excluding tert-OH is 1. The Labute approximate surface area is 137 Å². The first-order valence-corrected chi connectivity index (χ1v) is 9.18. The van der Waals surface area contributed by atoms with Crippen LogP contribution in [0.4, 0.5) is 0 Å². The molecule has 0 aromatic carbocycles. The molecule has 0 amide bonds. The van der Waals surface area contributed by atoms with Crippen LogP contribution in [0.15, 0.2) is 11.6 Å². The number of hydrogen-bond donors (Lipinski definition) is 2. The maximum atomic E-state index is 10.4. The van der Waals surface area contributed by atoms with Gasteiger partial charge in [0.1, 0.15) is 0 Å². The molecular formula is C20H36O2. The Bertz CT molecular complexity index is 421. The normalized spacial score (nSPS) is 37.1. The summed E-state index contributed by atoms with van der Waals surface area (Å²) in [6.45, 7) is 11.5. The average Bonchev–Trinajstić information content (AvgIpc) is 2.44. The van der Waals surface area contributed by atoms with Crippen molar-refractivity contribution < 1.29 is 10.2 Å². The molecule has 1 saturated carbocycles. The highest BCUT2D eigenvalue weighted by Gasteiger charge is 2.52. The minimum atomic E-state index is -0.575. The largest absolute Gasteiger partial charge is 0.392 e. The molecule has 2 N–H and O–H groups in total. The molecule has 0 radical (unpaired) electrons. The van der Waals surface area contributed by atoms with Crippen LogP contribution in [0.1, 0.15) is 79.6 Å². The third kappa shape index (κ3) is 3.28. The highest BCUT2D eigenvalue weighted by atomic mass is 16.3. The van der Waals surface area contributed by atoms with Crippen molar-refractivity contribution in [2.45, 2.75) is 85.2 Å². The van der Waals surface area contributed by atoms with Gasteiger partial charge in [-0.2, -0.15) is 0 Å². The van der Waals surface area contributed by atoms with E-state index >= 15 is 0 Å². The van der Waals surface area contributed by atoms with Crippen LogP contribution in [0.5, 0.6) is 0 Å². The fourth-order valence-electron chi connectivity index (χ4n) is 5.33. The quantitative estimate of drug-likeness (QED) is 0.723. The first-order valence-electron chi connectivity index (χ1n) is 9.18. The first kappa shape index (κ1) is 18.0. The molecule has 0 aromatic heterocycles. The molecule has 0 bridgehead atoms. The summed E-state index contributed by atoms with van der Waals surface area (Å²) in [4.78, 5) is 0. The third-order valence-corrected chi connectivity index (χ3v) is 7.05. The van der Waals surface area contributed by atoms with E-state index in [-0.39, 0.29) is 12.0 Å². The van der Waals surface area contributed by atoms with Crippen molar-refractivity contribution in [3.05, 3.63) is 11.6 Å². The zero-order chi connectivity index (χ0) is 16.6. The summed E-state index contributed by atoms with van der Waals surface area (Å²) in [6.07, 6.45) is 9.91. The summed E-state index contributed by atoms with van der Waals surface area (Å²) in [5, 5.41) is 20.3. The molecule has 2 aliphatic carbocycles. The molecule has 0 aromatic rings. The van der Waals surface area contributed by atoms with Crippen LogP contribution in [0.3, 0.4) is 0 Å². The van der Waals surface area contributed by atoms with Crippen LogP contribution < -0.4 is 0 Å². The van der Waals surface area contributed by atoms with Gasteiger partial charge in [-0.3, -0.25) is 0 Å². The Morgan fingerprint density at radius 2 is 1.95 bits per heavy atom. The van der Waals surface area contributed by atoms with Crippen LogP contribution in [0.2, 0.25) is 0 Å². The molecule has 2 heteroatoms. The van der Waals surface area contributed by atoms with Gasteiger partial charge >= 0.3 is 0 Å². The Kier molecular flexibility index (Phi) is 5.14. The lowest BCUT2D eigenvalue weighted by molar-refractivity contribution is -0.0502. The average molecular weight is 309 g/mol. The fraction of sp³-hybridized carbons (Fsp3) is 0.900. The van der Waals surface area contributed by atoms with Crippen LogP contribution in [-0.2, 0) is 0 Å². The maximum absolute atomic E-state index is 10.4. The summed E-state index contributed by atoms with van der Waals surface area (Å²) in [5.74, 6) is 1.12. The molecule has 128 valence electrons. The zero-order valence-electron chi connectivity index (χ0n) is 15.3. The van der Waals surface area contributed by atoms with Gasteiger partial charge < -0.3 is 10.2 Å². The second-order valence-corrected chi connectivity index (χ2v) is 9.02. The minimum absolute atomic E-state index is 0.182. The van der Waals surface area contributed by atoms with Crippen LogP contribution in [0.25, 0.3) is 0 Å². The van der Waals surface area contributed by atoms with Crippen molar-refractivity contribution in [2.75, 3.05) is 6.61 Å². The van der Waals surface area contributed by atoms with Gasteiger partial charge in [0.2, 0.25) is 0 Å². The minimum Gasteiger partial charge on any atom is -0.392 e. The highest BCUT2D eigenvalue weighted by Crippen LogP contribution is 2.60. The topological polar surface area (TPSA) is 40.5 Å². The van der Waals surface area contributed by atoms with Crippen LogP contribution >= 0.6 is 0 Å². The fourth-order valence-corrected chi connectivity index (χ4v) is 5.33. The second-order valence-electron chi connectivity index (χ2n) is 9.02. The van der Waals surface area contributed by atoms with Crippen molar-refractivity contribution in [3.8, 4) is 0 Å². The number of rotatable bonds is 5. The number of allylic oxidation sites excluding steroid dienone is 1. The smallest absolute Gasteiger partial charge is 0.0644 e. The SMILES string of the molecule is CCC(C)(O)CCC1C(CO)=CCC2C(C)(C)CCC[C@]12C. The van der Waals surface area contributed by atoms with E-state index in [9.17, 15) is 10.2 Å². The lowest BCUT2D eigenvalue weighted by atomic mass is 9.48. The third-order valence-electron chi connectivity index (χ3n) is 7.05. The van der Waals surface area contributed by atoms with E-state index in [1.54, 1.807) is 0 Å². The van der Waals surface area contributed by atoms with Gasteiger partial charge in [-0.15, -0.1) is 0 Å². The van der Waals surface area contributed by atoms with Gasteiger partial charge in [0.25, 0.3) is 0 Å². The Balaban J connectivity index is 2.27. The summed E-state index contributed by atoms with van der Waals surface area (Å²) in [5.41, 5.74) is 1.31. The van der Waals surface area contributed by atoms with E-state index in [1.165, 1.54) is 24.8 Å². The lowest BCUT2D eigenvalue weighted by Crippen LogP contribution is -2.49. The van der Waals surface area contributed by atoms with E-state index < -0.39 is 5.60 Å². The van der Waals surface area contributed by atoms with E-state index in [1.807, 2.05) is 6.92 Å². The van der Waals surface area contributed by atoms with Gasteiger partial charge in [-0.05, 0) is 73.7 Å². The Hall–Kier alpha value is -0.340. The van der Waals surface area contributed by atoms with Crippen LogP contribution in [0, 0.1) is 22.7 Å². The summed E-state index contributed by atoms with van der Waals surface area (Å²) in [6, 6.07) is 0. The Morgan fingerprint density at radius 3 is 2.55 bits per heavy atom. The first-order chi connectivity index (χ1) is 10.2. The maximum Gasteiger partial charge on any atom is 0.0644 e. The zero-order valence-corrected chi connectivity index (χ0v) is 15.3. The molecule has 0 aliphatic heterocycles. The monoisotopic (exact) mass is 308 g/mol. The van der Waals surface area contributed by atoms with Crippen molar-refractivity contribution in [1.82, 2.24) is 0 Å². The summed E-state index contributed by atoms with van der Waals surface area (Å²) >= 11 is 0. The molecular weight excluding hydrogens is 272 g/mol. The number of aliphatic hydroxyl groups is 2. The standard InChI is InChI=1S/C20H36O2/c1-6-19(4,22)13-10-16-15(14-21)8-9-17-18(2,3)11-7-12-20(16,17)5/h8,16-17,21-22H,6-7,9-14H2,1-5H3/t16?,17?,19?,20-/m1/s1. The van der Waals surface area contributed by atoms with Gasteiger partial charge in [0.05, 0.1) is 12.2 Å². The second kappa shape index (κ2) is 6.28. The molecule has 3 unspecified atom stereocenters. The van der Waals surface area contributed by atoms with Crippen molar-refractivity contribution >= 4 is 0 Å². The molecule has 0 heterocycles. The molecule has 4 atom stereocenters. The molecule has 2 aliphatic rings. The molecule has 2 rings (SSSR count). The molecule has 0 spiro atoms. The van der Waals surface area contributed by atoms with Gasteiger partial charge in [0.15, 0.2) is 0 Å². The van der Waals surface area contributed by atoms with E-state index in [0.717, 1.165) is 25.7 Å². The molecule has 1 fully saturated rings. The van der Waals surface area contributed by atoms with E-state index in [4.69, 9.17) is 0 Å². The highest BCUT2D eigenvalue weighted by molar-refractivity contribution is 5.20. The van der Waals surface area contributed by atoms with Crippen molar-refractivity contribution in [1.29, 1.82) is 0 Å². The number of hydrogen-bond acceptors (Lipinski definition) is 2. The summed E-state index contributed by atoms with van der Waals surface area (Å²) in [7, 11) is 0. The lowest BCUT2D eigenvalue weighted by Gasteiger charge is -2.57. The van der Waals surface area contributed by atoms with Gasteiger partial charge in [-0.25, -0.2) is 0 Å². The van der Waals surface area contributed by atoms with Gasteiger partial charge in [0, 0.05) is 0 Å². The van der Waals surface area contributed by atoms with Gasteiger partial charge in [-0.1, -0.05) is 40.2 Å². The number of fused-ring (bicyclic) bond motifs is 1. The summed E-state index contributed by atoms with van der Waals surface area (Å²) < 4.78 is 0. The predicted molar refractivity (Wildman–Crippen MR) is 92.7 cm³/mol. The Morgan fingerprint density at radius 1 is 1.27 bits per heavy atom. The molecule has 22 heavy (non-hydrogen) atoms. The van der Waals surface area contributed by atoms with Crippen molar-refractivity contribution in [3.63, 3.8) is 0 Å². The van der Waals surface area contributed by atoms with E-state index in [0.29, 0.717) is 17.3 Å². The van der Waals surface area contributed by atoms with E-state index in [2.05, 4.69) is 33.8 Å². The van der Waals surface area contributed by atoms with Crippen LogP contribution in [-0.4, -0.2) is 22.4 Å². The molecule has 2 nitrogen and oxygen atoms in total. The predicted octanol–water partition coefficient (Wildman–Crippen LogP) is 4.70. The molecule has 0 saturated heterocycles.